The number of aliphatic hydroxyl groups is 1. The number of cyclic esters (lactones) is 1. The van der Waals surface area contributed by atoms with Crippen LogP contribution in [0.1, 0.15) is 65.5 Å². The van der Waals surface area contributed by atoms with E-state index in [1.54, 1.807) is 24.7 Å². The second kappa shape index (κ2) is 8.79. The fourth-order valence-corrected chi connectivity index (χ4v) is 8.75. The zero-order valence-electron chi connectivity index (χ0n) is 22.7. The third kappa shape index (κ3) is 3.53. The number of carbonyl (C=O) groups excluding carboxylic acids is 4. The number of furan rings is 1. The fraction of sp³-hybridized carbons (Fsp3) is 0.655. The van der Waals surface area contributed by atoms with Gasteiger partial charge in [-0.3, -0.25) is 9.59 Å². The van der Waals surface area contributed by atoms with Crippen molar-refractivity contribution in [3.05, 3.63) is 35.8 Å². The minimum atomic E-state index is -1.60. The normalized spacial score (nSPS) is 40.1. The lowest BCUT2D eigenvalue weighted by Crippen LogP contribution is -2.70. The van der Waals surface area contributed by atoms with Gasteiger partial charge in [-0.15, -0.1) is 0 Å². The summed E-state index contributed by atoms with van der Waals surface area (Å²) in [5.41, 5.74) is -0.922. The Labute approximate surface area is 221 Å². The van der Waals surface area contributed by atoms with Crippen LogP contribution in [-0.2, 0) is 33.4 Å². The van der Waals surface area contributed by atoms with Gasteiger partial charge >= 0.3 is 17.9 Å². The first-order valence-corrected chi connectivity index (χ1v) is 13.2. The third-order valence-corrected chi connectivity index (χ3v) is 10.2. The monoisotopic (exact) mass is 528 g/mol. The van der Waals surface area contributed by atoms with Crippen molar-refractivity contribution < 1.29 is 42.9 Å². The average molecular weight is 529 g/mol. The Morgan fingerprint density at radius 1 is 1.16 bits per heavy atom. The molecule has 9 heteroatoms. The first kappa shape index (κ1) is 26.7. The Morgan fingerprint density at radius 2 is 1.87 bits per heavy atom. The van der Waals surface area contributed by atoms with Crippen LogP contribution in [0.25, 0.3) is 0 Å². The molecule has 0 saturated heterocycles. The lowest BCUT2D eigenvalue weighted by molar-refractivity contribution is -0.223. The number of hydrogen-bond donors (Lipinski definition) is 1. The predicted molar refractivity (Wildman–Crippen MR) is 132 cm³/mol. The number of ether oxygens (including phenoxy) is 3. The zero-order chi connectivity index (χ0) is 27.8. The first-order chi connectivity index (χ1) is 17.8. The number of fused-ring (bicyclic) bond motifs is 6. The van der Waals surface area contributed by atoms with Gasteiger partial charge in [0.2, 0.25) is 0 Å². The van der Waals surface area contributed by atoms with Crippen LogP contribution in [0.3, 0.4) is 0 Å². The molecule has 0 radical (unpaired) electrons. The van der Waals surface area contributed by atoms with Crippen molar-refractivity contribution in [1.29, 1.82) is 0 Å². The van der Waals surface area contributed by atoms with E-state index in [4.69, 9.17) is 18.6 Å². The van der Waals surface area contributed by atoms with Crippen molar-refractivity contribution in [1.82, 2.24) is 0 Å². The predicted octanol–water partition coefficient (Wildman–Crippen LogP) is 3.55. The van der Waals surface area contributed by atoms with Crippen molar-refractivity contribution in [2.45, 2.75) is 72.2 Å². The molecule has 2 bridgehead atoms. The molecule has 0 aromatic carbocycles. The van der Waals surface area contributed by atoms with Crippen LogP contribution >= 0.6 is 0 Å². The van der Waals surface area contributed by atoms with E-state index in [-0.39, 0.29) is 17.6 Å². The molecule has 206 valence electrons. The molecule has 9 atom stereocenters. The molecule has 3 aliphatic carbocycles. The minimum Gasteiger partial charge on any atom is -0.472 e. The molecule has 5 rings (SSSR count). The van der Waals surface area contributed by atoms with E-state index < -0.39 is 64.3 Å². The molecule has 1 aliphatic heterocycles. The Hall–Kier alpha value is -2.94. The summed E-state index contributed by atoms with van der Waals surface area (Å²) in [7, 11) is 1.20. The summed E-state index contributed by atoms with van der Waals surface area (Å²) in [5.74, 6) is -3.95. The van der Waals surface area contributed by atoms with Crippen LogP contribution in [0.2, 0.25) is 0 Å². The number of rotatable bonds is 4. The number of methoxy groups -OCH3 is 1. The highest BCUT2D eigenvalue weighted by molar-refractivity contribution is 5.92. The number of esters is 3. The summed E-state index contributed by atoms with van der Waals surface area (Å²) >= 11 is 0. The summed E-state index contributed by atoms with van der Waals surface area (Å²) in [4.78, 5) is 52.1. The van der Waals surface area contributed by atoms with Gasteiger partial charge in [0.25, 0.3) is 0 Å². The van der Waals surface area contributed by atoms with E-state index in [2.05, 4.69) is 6.92 Å². The van der Waals surface area contributed by atoms with Crippen LogP contribution in [0.4, 0.5) is 0 Å². The van der Waals surface area contributed by atoms with Gasteiger partial charge in [0.15, 0.2) is 6.10 Å². The van der Waals surface area contributed by atoms with Gasteiger partial charge in [-0.25, -0.2) is 9.59 Å². The summed E-state index contributed by atoms with van der Waals surface area (Å²) in [6, 6.07) is 1.79. The maximum absolute atomic E-state index is 14.3. The fourth-order valence-electron chi connectivity index (χ4n) is 8.75. The summed E-state index contributed by atoms with van der Waals surface area (Å²) in [6.07, 6.45) is 3.33. The first-order valence-electron chi connectivity index (χ1n) is 13.2. The van der Waals surface area contributed by atoms with E-state index in [0.717, 1.165) is 11.1 Å². The van der Waals surface area contributed by atoms with E-state index in [1.807, 2.05) is 20.8 Å². The molecule has 1 aromatic rings. The van der Waals surface area contributed by atoms with Gasteiger partial charge in [0.05, 0.1) is 25.6 Å². The molecule has 9 nitrogen and oxygen atoms in total. The highest BCUT2D eigenvalue weighted by Gasteiger charge is 2.71. The summed E-state index contributed by atoms with van der Waals surface area (Å²) in [5, 5.41) is 11.3. The lowest BCUT2D eigenvalue weighted by atomic mass is 9.38. The number of hydrogen-bond acceptors (Lipinski definition) is 9. The maximum Gasteiger partial charge on any atom is 0.335 e. The number of carbonyl (C=O) groups is 4. The zero-order valence-corrected chi connectivity index (χ0v) is 22.7. The number of ketones is 1. The molecule has 1 unspecified atom stereocenters. The van der Waals surface area contributed by atoms with Crippen LogP contribution in [0.15, 0.2) is 34.7 Å². The molecule has 0 amide bonds. The molecule has 2 heterocycles. The van der Waals surface area contributed by atoms with Crippen molar-refractivity contribution in [3.63, 3.8) is 0 Å². The Morgan fingerprint density at radius 3 is 2.47 bits per heavy atom. The van der Waals surface area contributed by atoms with Crippen molar-refractivity contribution >= 4 is 23.7 Å². The topological polar surface area (TPSA) is 129 Å². The van der Waals surface area contributed by atoms with E-state index >= 15 is 0 Å². The molecule has 3 saturated carbocycles. The Bertz CT molecular complexity index is 1200. The molecule has 3 fully saturated rings. The van der Waals surface area contributed by atoms with Crippen LogP contribution in [0.5, 0.6) is 0 Å². The number of aliphatic hydroxyl groups excluding tert-OH is 1. The van der Waals surface area contributed by atoms with Gasteiger partial charge in [-0.2, -0.15) is 0 Å². The van der Waals surface area contributed by atoms with Gasteiger partial charge in [-0.05, 0) is 42.7 Å². The highest BCUT2D eigenvalue weighted by Crippen LogP contribution is 2.69. The van der Waals surface area contributed by atoms with Crippen LogP contribution in [-0.4, -0.2) is 48.1 Å². The largest absolute Gasteiger partial charge is 0.472 e. The molecule has 4 aliphatic rings. The van der Waals surface area contributed by atoms with Gasteiger partial charge in [0.1, 0.15) is 18.0 Å². The molecule has 1 N–H and O–H groups in total. The van der Waals surface area contributed by atoms with E-state index in [1.165, 1.54) is 14.0 Å². The number of Topliss-reactive ketones (excluding diaryl/α,β-unsaturated/α-hetero) is 1. The third-order valence-electron chi connectivity index (χ3n) is 10.2. The standard InChI is InChI=1S/C29H36O9/c1-14(30)37-25-17-11-16-18(29(5,23(17)33)22(27(25,2)3)21(32)26(34)35-6)7-9-28(4)19(16)12-20(31)38-24(28)15-8-10-36-13-15/h8,10,12-13,16-18,21-22,24-25,32H,7,9,11H2,1-6H3/t16-,17-,18+,21?,22+,24+,25-,28-,29-/m1/s1. The summed E-state index contributed by atoms with van der Waals surface area (Å²) < 4.78 is 21.8. The second-order valence-electron chi connectivity index (χ2n) is 12.4. The summed E-state index contributed by atoms with van der Waals surface area (Å²) in [6.45, 7) is 8.88. The lowest BCUT2D eigenvalue weighted by Gasteiger charge is -2.65. The van der Waals surface area contributed by atoms with Gasteiger partial charge < -0.3 is 23.7 Å². The maximum atomic E-state index is 14.3. The quantitative estimate of drug-likeness (QED) is 0.461. The Balaban J connectivity index is 1.66. The molecular formula is C29H36O9. The molecular weight excluding hydrogens is 492 g/mol. The smallest absolute Gasteiger partial charge is 0.335 e. The van der Waals surface area contributed by atoms with Crippen molar-refractivity contribution in [2.24, 2.45) is 39.9 Å². The molecule has 1 aromatic heterocycles. The van der Waals surface area contributed by atoms with E-state index in [0.29, 0.717) is 19.3 Å². The second-order valence-corrected chi connectivity index (χ2v) is 12.4. The average Bonchev–Trinajstić information content (AvgIpc) is 3.38. The van der Waals surface area contributed by atoms with Crippen LogP contribution < -0.4 is 0 Å². The van der Waals surface area contributed by atoms with Crippen molar-refractivity contribution in [3.8, 4) is 0 Å². The van der Waals surface area contributed by atoms with Crippen molar-refractivity contribution in [2.75, 3.05) is 7.11 Å². The Kier molecular flexibility index (Phi) is 6.17. The van der Waals surface area contributed by atoms with Gasteiger partial charge in [0, 0.05) is 40.7 Å². The highest BCUT2D eigenvalue weighted by atomic mass is 16.6. The van der Waals surface area contributed by atoms with E-state index in [9.17, 15) is 24.3 Å². The minimum absolute atomic E-state index is 0.119. The molecule has 0 spiro atoms. The molecule has 38 heavy (non-hydrogen) atoms. The van der Waals surface area contributed by atoms with Gasteiger partial charge in [-0.1, -0.05) is 27.7 Å². The SMILES string of the molecule is COC(=O)C(O)[C@H]1C(C)(C)[C@H](OC(C)=O)[C@@H]2C[C@H]3C4=CC(=O)O[C@@H](c5ccoc5)[C@]4(C)CC[C@@H]3[C@@]1(C)C2=O. The van der Waals surface area contributed by atoms with Crippen LogP contribution in [0, 0.1) is 39.9 Å².